The first-order chi connectivity index (χ1) is 9.47. The summed E-state index contributed by atoms with van der Waals surface area (Å²) in [5, 5.41) is 13.5. The lowest BCUT2D eigenvalue weighted by molar-refractivity contribution is 0.186. The average molecular weight is 410 g/mol. The number of benzene rings is 2. The Kier molecular flexibility index (Phi) is 5.17. The van der Waals surface area contributed by atoms with Gasteiger partial charge < -0.3 is 10.4 Å². The molecule has 0 heterocycles. The van der Waals surface area contributed by atoms with E-state index in [1.807, 2.05) is 0 Å². The van der Waals surface area contributed by atoms with Crippen LogP contribution in [-0.2, 0) is 0 Å². The molecular formula is C14H11ClF2INO. The molecule has 0 fully saturated rings. The van der Waals surface area contributed by atoms with Crippen LogP contribution in [0.25, 0.3) is 0 Å². The molecule has 2 aromatic carbocycles. The molecule has 20 heavy (non-hydrogen) atoms. The minimum absolute atomic E-state index is 0.0675. The van der Waals surface area contributed by atoms with Crippen LogP contribution in [0.2, 0.25) is 5.02 Å². The summed E-state index contributed by atoms with van der Waals surface area (Å²) in [7, 11) is 0. The van der Waals surface area contributed by atoms with E-state index in [0.717, 1.165) is 27.5 Å². The van der Waals surface area contributed by atoms with Crippen molar-refractivity contribution >= 4 is 39.9 Å². The molecule has 6 heteroatoms. The molecule has 0 aliphatic rings. The van der Waals surface area contributed by atoms with Crippen LogP contribution in [0.1, 0.15) is 11.7 Å². The van der Waals surface area contributed by atoms with E-state index < -0.39 is 17.7 Å². The van der Waals surface area contributed by atoms with Crippen molar-refractivity contribution in [2.24, 2.45) is 0 Å². The van der Waals surface area contributed by atoms with Gasteiger partial charge in [-0.2, -0.15) is 0 Å². The Morgan fingerprint density at radius 2 is 1.95 bits per heavy atom. The highest BCUT2D eigenvalue weighted by Crippen LogP contribution is 2.24. The summed E-state index contributed by atoms with van der Waals surface area (Å²) in [6.07, 6.45) is -1.14. The Bertz CT molecular complexity index is 624. The van der Waals surface area contributed by atoms with E-state index in [2.05, 4.69) is 27.9 Å². The maximum atomic E-state index is 13.5. The highest BCUT2D eigenvalue weighted by Gasteiger charge is 2.14. The molecule has 0 saturated carbocycles. The third kappa shape index (κ3) is 3.80. The predicted octanol–water partition coefficient (Wildman–Crippen LogP) is 4.37. The third-order valence-corrected chi connectivity index (χ3v) is 3.86. The summed E-state index contributed by atoms with van der Waals surface area (Å²) < 4.78 is 27.4. The van der Waals surface area contributed by atoms with Gasteiger partial charge in [0.1, 0.15) is 11.6 Å². The lowest BCUT2D eigenvalue weighted by atomic mass is 10.1. The number of aliphatic hydroxyl groups is 1. The first-order valence-electron chi connectivity index (χ1n) is 5.79. The van der Waals surface area contributed by atoms with E-state index in [-0.39, 0.29) is 12.1 Å². The van der Waals surface area contributed by atoms with E-state index in [0.29, 0.717) is 5.02 Å². The van der Waals surface area contributed by atoms with Crippen molar-refractivity contribution in [3.05, 3.63) is 62.2 Å². The second-order valence-electron chi connectivity index (χ2n) is 4.19. The van der Waals surface area contributed by atoms with E-state index in [1.165, 1.54) is 0 Å². The lowest BCUT2D eigenvalue weighted by Gasteiger charge is -2.15. The van der Waals surface area contributed by atoms with Crippen LogP contribution in [0.5, 0.6) is 0 Å². The van der Waals surface area contributed by atoms with Gasteiger partial charge in [0.15, 0.2) is 0 Å². The highest BCUT2D eigenvalue weighted by molar-refractivity contribution is 14.1. The number of anilines is 1. The van der Waals surface area contributed by atoms with Gasteiger partial charge in [0.25, 0.3) is 0 Å². The normalized spacial score (nSPS) is 12.2. The number of hydrogen-bond acceptors (Lipinski definition) is 2. The molecule has 0 radical (unpaired) electrons. The smallest absolute Gasteiger partial charge is 0.129 e. The van der Waals surface area contributed by atoms with Crippen LogP contribution in [0.15, 0.2) is 36.4 Å². The van der Waals surface area contributed by atoms with Gasteiger partial charge in [-0.25, -0.2) is 8.78 Å². The SMILES string of the molecule is OC(CNc1ccc(Cl)cc1I)c1cc(F)ccc1F. The zero-order valence-corrected chi connectivity index (χ0v) is 13.1. The minimum atomic E-state index is -1.14. The molecule has 2 N–H and O–H groups in total. The molecule has 2 aromatic rings. The topological polar surface area (TPSA) is 32.3 Å². The summed E-state index contributed by atoms with van der Waals surface area (Å²) in [5.41, 5.74) is 0.701. The number of aliphatic hydroxyl groups excluding tert-OH is 1. The Morgan fingerprint density at radius 3 is 2.65 bits per heavy atom. The maximum Gasteiger partial charge on any atom is 0.129 e. The quantitative estimate of drug-likeness (QED) is 0.735. The first kappa shape index (κ1) is 15.5. The first-order valence-corrected chi connectivity index (χ1v) is 7.25. The zero-order chi connectivity index (χ0) is 14.7. The number of halogens is 4. The van der Waals surface area contributed by atoms with Gasteiger partial charge in [-0.3, -0.25) is 0 Å². The molecule has 0 spiro atoms. The average Bonchev–Trinajstić information content (AvgIpc) is 2.40. The summed E-state index contributed by atoms with van der Waals surface area (Å²) in [5.74, 6) is -1.21. The van der Waals surface area contributed by atoms with Crippen LogP contribution < -0.4 is 5.32 Å². The number of hydrogen-bond donors (Lipinski definition) is 2. The molecule has 0 saturated heterocycles. The van der Waals surface area contributed by atoms with Gasteiger partial charge in [-0.1, -0.05) is 11.6 Å². The summed E-state index contributed by atoms with van der Waals surface area (Å²) >= 11 is 7.94. The second-order valence-corrected chi connectivity index (χ2v) is 5.79. The molecule has 0 amide bonds. The number of rotatable bonds is 4. The van der Waals surface area contributed by atoms with Gasteiger partial charge in [0.2, 0.25) is 0 Å². The summed E-state index contributed by atoms with van der Waals surface area (Å²) in [6, 6.07) is 8.25. The summed E-state index contributed by atoms with van der Waals surface area (Å²) in [4.78, 5) is 0. The van der Waals surface area contributed by atoms with Crippen molar-refractivity contribution in [2.75, 3.05) is 11.9 Å². The van der Waals surface area contributed by atoms with Gasteiger partial charge in [-0.05, 0) is 59.0 Å². The van der Waals surface area contributed by atoms with Crippen molar-refractivity contribution in [2.45, 2.75) is 6.10 Å². The van der Waals surface area contributed by atoms with E-state index in [9.17, 15) is 13.9 Å². The molecular weight excluding hydrogens is 399 g/mol. The third-order valence-electron chi connectivity index (χ3n) is 2.73. The standard InChI is InChI=1S/C14H11ClF2INO/c15-8-1-4-13(12(18)5-8)19-7-14(20)10-6-9(16)2-3-11(10)17/h1-6,14,19-20H,7H2. The van der Waals surface area contributed by atoms with Crippen molar-refractivity contribution in [1.29, 1.82) is 0 Å². The molecule has 0 aromatic heterocycles. The van der Waals surface area contributed by atoms with Crippen molar-refractivity contribution in [1.82, 2.24) is 0 Å². The number of nitrogens with one attached hydrogen (secondary N) is 1. The van der Waals surface area contributed by atoms with Gasteiger partial charge in [-0.15, -0.1) is 0 Å². The maximum absolute atomic E-state index is 13.5. The Hall–Kier alpha value is -0.920. The van der Waals surface area contributed by atoms with E-state index in [4.69, 9.17) is 11.6 Å². The molecule has 1 unspecified atom stereocenters. The molecule has 0 bridgehead atoms. The monoisotopic (exact) mass is 409 g/mol. The minimum Gasteiger partial charge on any atom is -0.386 e. The molecule has 1 atom stereocenters. The van der Waals surface area contributed by atoms with Crippen LogP contribution >= 0.6 is 34.2 Å². The summed E-state index contributed by atoms with van der Waals surface area (Å²) in [6.45, 7) is 0.0675. The van der Waals surface area contributed by atoms with Crippen LogP contribution in [0.3, 0.4) is 0 Å². The predicted molar refractivity (Wildman–Crippen MR) is 84.0 cm³/mol. The van der Waals surface area contributed by atoms with Crippen LogP contribution in [0, 0.1) is 15.2 Å². The Balaban J connectivity index is 2.08. The van der Waals surface area contributed by atoms with Gasteiger partial charge in [0, 0.05) is 26.4 Å². The van der Waals surface area contributed by atoms with E-state index in [1.54, 1.807) is 18.2 Å². The van der Waals surface area contributed by atoms with Crippen LogP contribution in [-0.4, -0.2) is 11.7 Å². The highest BCUT2D eigenvalue weighted by atomic mass is 127. The van der Waals surface area contributed by atoms with Crippen LogP contribution in [0.4, 0.5) is 14.5 Å². The Morgan fingerprint density at radius 1 is 1.20 bits per heavy atom. The van der Waals surface area contributed by atoms with Crippen molar-refractivity contribution in [3.8, 4) is 0 Å². The zero-order valence-electron chi connectivity index (χ0n) is 10.2. The molecule has 0 aliphatic heterocycles. The molecule has 2 rings (SSSR count). The van der Waals surface area contributed by atoms with Gasteiger partial charge >= 0.3 is 0 Å². The van der Waals surface area contributed by atoms with Crippen molar-refractivity contribution < 1.29 is 13.9 Å². The van der Waals surface area contributed by atoms with Crippen molar-refractivity contribution in [3.63, 3.8) is 0 Å². The molecule has 0 aliphatic carbocycles. The lowest BCUT2D eigenvalue weighted by Crippen LogP contribution is -2.14. The fraction of sp³-hybridized carbons (Fsp3) is 0.143. The largest absolute Gasteiger partial charge is 0.386 e. The molecule has 2 nitrogen and oxygen atoms in total. The van der Waals surface area contributed by atoms with E-state index >= 15 is 0 Å². The Labute approximate surface area is 133 Å². The fourth-order valence-electron chi connectivity index (χ4n) is 1.72. The van der Waals surface area contributed by atoms with Gasteiger partial charge in [0.05, 0.1) is 6.10 Å². The molecule has 106 valence electrons. The second kappa shape index (κ2) is 6.69. The fourth-order valence-corrected chi connectivity index (χ4v) is 2.78.